The van der Waals surface area contributed by atoms with Crippen LogP contribution < -0.4 is 10.5 Å². The van der Waals surface area contributed by atoms with Crippen molar-refractivity contribution in [3.63, 3.8) is 0 Å². The van der Waals surface area contributed by atoms with Crippen LogP contribution in [0.15, 0.2) is 32.5 Å². The van der Waals surface area contributed by atoms with Crippen molar-refractivity contribution in [2.75, 3.05) is 12.8 Å². The first kappa shape index (κ1) is 21.4. The molecule has 9 nitrogen and oxygen atoms in total. The summed E-state index contributed by atoms with van der Waals surface area (Å²) in [5.74, 6) is -0.634. The average Bonchev–Trinajstić information content (AvgIpc) is 3.09. The molecule has 0 amide bonds. The van der Waals surface area contributed by atoms with Gasteiger partial charge in [-0.2, -0.15) is 0 Å². The highest BCUT2D eigenvalue weighted by Crippen LogP contribution is 2.19. The second-order valence-electron chi connectivity index (χ2n) is 5.82. The number of sulfonamides is 1. The molecule has 0 spiro atoms. The SMILES string of the molecule is CNS(=O)(=O)CC(N)CCc1nonc1/C(Cc1ccc(F)c(Br)c1)=N/O. The molecule has 148 valence electrons. The number of hydrogen-bond acceptors (Lipinski definition) is 8. The van der Waals surface area contributed by atoms with E-state index in [-0.39, 0.29) is 34.5 Å². The Morgan fingerprint density at radius 1 is 1.48 bits per heavy atom. The lowest BCUT2D eigenvalue weighted by atomic mass is 10.0. The van der Waals surface area contributed by atoms with Crippen molar-refractivity contribution in [1.82, 2.24) is 15.0 Å². The van der Waals surface area contributed by atoms with Gasteiger partial charge in [0.05, 0.1) is 10.2 Å². The second-order valence-corrected chi connectivity index (χ2v) is 8.64. The lowest BCUT2D eigenvalue weighted by Crippen LogP contribution is -2.35. The van der Waals surface area contributed by atoms with Crippen molar-refractivity contribution < 1.29 is 22.6 Å². The van der Waals surface area contributed by atoms with Crippen LogP contribution in [0.5, 0.6) is 0 Å². The van der Waals surface area contributed by atoms with Gasteiger partial charge in [0.2, 0.25) is 10.0 Å². The van der Waals surface area contributed by atoms with E-state index in [1.807, 2.05) is 0 Å². The summed E-state index contributed by atoms with van der Waals surface area (Å²) < 4.78 is 43.6. The highest BCUT2D eigenvalue weighted by molar-refractivity contribution is 9.10. The van der Waals surface area contributed by atoms with E-state index in [2.05, 4.69) is 36.1 Å². The maximum atomic E-state index is 13.4. The van der Waals surface area contributed by atoms with Crippen molar-refractivity contribution >= 4 is 31.7 Å². The molecule has 2 rings (SSSR count). The van der Waals surface area contributed by atoms with Crippen LogP contribution in [0.3, 0.4) is 0 Å². The molecular formula is C15H19BrFN5O4S. The number of aryl methyl sites for hydroxylation is 1. The summed E-state index contributed by atoms with van der Waals surface area (Å²) in [5.41, 5.74) is 7.34. The van der Waals surface area contributed by atoms with E-state index in [4.69, 9.17) is 10.4 Å². The topological polar surface area (TPSA) is 144 Å². The monoisotopic (exact) mass is 463 g/mol. The van der Waals surface area contributed by atoms with Gasteiger partial charge in [-0.1, -0.05) is 16.4 Å². The summed E-state index contributed by atoms with van der Waals surface area (Å²) in [7, 11) is -2.10. The van der Waals surface area contributed by atoms with Crippen molar-refractivity contribution in [3.8, 4) is 0 Å². The van der Waals surface area contributed by atoms with Crippen LogP contribution in [0.1, 0.15) is 23.4 Å². The zero-order valence-electron chi connectivity index (χ0n) is 14.4. The highest BCUT2D eigenvalue weighted by atomic mass is 79.9. The van der Waals surface area contributed by atoms with Crippen LogP contribution in [0.4, 0.5) is 4.39 Å². The normalized spacial score (nSPS) is 13.7. The molecule has 27 heavy (non-hydrogen) atoms. The Balaban J connectivity index is 2.08. The lowest BCUT2D eigenvalue weighted by Gasteiger charge is -2.10. The second kappa shape index (κ2) is 9.35. The quantitative estimate of drug-likeness (QED) is 0.287. The molecule has 0 fully saturated rings. The Labute approximate surface area is 164 Å². The molecule has 12 heteroatoms. The first-order valence-electron chi connectivity index (χ1n) is 7.89. The molecule has 1 aromatic carbocycles. The summed E-state index contributed by atoms with van der Waals surface area (Å²) in [4.78, 5) is 0. The van der Waals surface area contributed by atoms with E-state index in [9.17, 15) is 18.0 Å². The Morgan fingerprint density at radius 3 is 2.85 bits per heavy atom. The third-order valence-electron chi connectivity index (χ3n) is 3.80. The van der Waals surface area contributed by atoms with Gasteiger partial charge in [-0.3, -0.25) is 0 Å². The number of halogens is 2. The van der Waals surface area contributed by atoms with Gasteiger partial charge in [0.15, 0.2) is 5.69 Å². The standard InChI is InChI=1S/C15H19BrFN5O4S/c1-19-27(24,25)8-10(18)3-5-13-15(22-26-21-13)14(20-23)7-9-2-4-12(17)11(16)6-9/h2,4,6,10,19,23H,3,5,7-8,18H2,1H3/b20-14+. The number of nitrogens with two attached hydrogens (primary N) is 1. The molecule has 0 bridgehead atoms. The molecule has 0 saturated carbocycles. The Kier molecular flexibility index (Phi) is 7.41. The van der Waals surface area contributed by atoms with Crippen molar-refractivity contribution in [2.24, 2.45) is 10.9 Å². The summed E-state index contributed by atoms with van der Waals surface area (Å²) in [6.45, 7) is 0. The minimum Gasteiger partial charge on any atom is -0.411 e. The van der Waals surface area contributed by atoms with Gasteiger partial charge in [-0.05, 0) is 58.7 Å². The number of hydrogen-bond donors (Lipinski definition) is 3. The van der Waals surface area contributed by atoms with E-state index in [1.54, 1.807) is 12.1 Å². The number of aromatic nitrogens is 2. The van der Waals surface area contributed by atoms with Gasteiger partial charge in [-0.15, -0.1) is 0 Å². The predicted molar refractivity (Wildman–Crippen MR) is 99.6 cm³/mol. The van der Waals surface area contributed by atoms with Crippen molar-refractivity contribution in [1.29, 1.82) is 0 Å². The molecule has 4 N–H and O–H groups in total. The van der Waals surface area contributed by atoms with Gasteiger partial charge in [0.1, 0.15) is 17.2 Å². The largest absolute Gasteiger partial charge is 0.411 e. The van der Waals surface area contributed by atoms with Gasteiger partial charge in [-0.25, -0.2) is 22.2 Å². The summed E-state index contributed by atoms with van der Waals surface area (Å²) in [6.07, 6.45) is 0.755. The van der Waals surface area contributed by atoms with Gasteiger partial charge >= 0.3 is 0 Å². The molecule has 1 aromatic heterocycles. The molecular weight excluding hydrogens is 445 g/mol. The Hall–Kier alpha value is -1.89. The fraction of sp³-hybridized carbons (Fsp3) is 0.400. The minimum absolute atomic E-state index is 0.163. The summed E-state index contributed by atoms with van der Waals surface area (Å²) >= 11 is 3.10. The first-order valence-corrected chi connectivity index (χ1v) is 10.3. The van der Waals surface area contributed by atoms with E-state index in [0.29, 0.717) is 17.7 Å². The number of nitrogens with one attached hydrogen (secondary N) is 1. The van der Waals surface area contributed by atoms with Crippen LogP contribution in [0.2, 0.25) is 0 Å². The van der Waals surface area contributed by atoms with Gasteiger partial charge in [0, 0.05) is 12.5 Å². The van der Waals surface area contributed by atoms with E-state index >= 15 is 0 Å². The summed E-state index contributed by atoms with van der Waals surface area (Å²) in [5, 5.41) is 20.1. The number of rotatable bonds is 9. The van der Waals surface area contributed by atoms with E-state index < -0.39 is 21.9 Å². The maximum Gasteiger partial charge on any atom is 0.212 e. The molecule has 1 heterocycles. The minimum atomic E-state index is -3.42. The zero-order chi connectivity index (χ0) is 20.0. The third-order valence-corrected chi connectivity index (χ3v) is 5.90. The Morgan fingerprint density at radius 2 is 2.22 bits per heavy atom. The van der Waals surface area contributed by atoms with E-state index in [0.717, 1.165) is 0 Å². The molecule has 0 aliphatic carbocycles. The van der Waals surface area contributed by atoms with Gasteiger partial charge in [0.25, 0.3) is 0 Å². The van der Waals surface area contributed by atoms with Crippen molar-refractivity contribution in [2.45, 2.75) is 25.3 Å². The van der Waals surface area contributed by atoms with Crippen LogP contribution >= 0.6 is 15.9 Å². The molecule has 0 aliphatic rings. The van der Waals surface area contributed by atoms with Crippen LogP contribution in [0.25, 0.3) is 0 Å². The maximum absolute atomic E-state index is 13.4. The zero-order valence-corrected chi connectivity index (χ0v) is 16.8. The molecule has 0 saturated heterocycles. The predicted octanol–water partition coefficient (Wildman–Crippen LogP) is 1.20. The van der Waals surface area contributed by atoms with Gasteiger partial charge < -0.3 is 10.9 Å². The fourth-order valence-corrected chi connectivity index (χ4v) is 3.69. The molecule has 0 radical (unpaired) electrons. The van der Waals surface area contributed by atoms with Crippen LogP contribution in [0, 0.1) is 5.82 Å². The first-order chi connectivity index (χ1) is 12.8. The number of benzene rings is 1. The lowest BCUT2D eigenvalue weighted by molar-refractivity contribution is 0.300. The molecule has 2 aromatic rings. The highest BCUT2D eigenvalue weighted by Gasteiger charge is 2.20. The van der Waals surface area contributed by atoms with E-state index in [1.165, 1.54) is 13.1 Å². The molecule has 1 atom stereocenters. The molecule has 1 unspecified atom stereocenters. The smallest absolute Gasteiger partial charge is 0.212 e. The number of oxime groups is 1. The Bertz CT molecular complexity index is 919. The molecule has 0 aliphatic heterocycles. The number of nitrogens with zero attached hydrogens (tertiary/aromatic N) is 3. The summed E-state index contributed by atoms with van der Waals surface area (Å²) in [6, 6.07) is 3.79. The van der Waals surface area contributed by atoms with Crippen LogP contribution in [-0.4, -0.2) is 48.5 Å². The van der Waals surface area contributed by atoms with Crippen molar-refractivity contribution in [3.05, 3.63) is 45.4 Å². The third kappa shape index (κ3) is 6.06. The fourth-order valence-electron chi connectivity index (χ4n) is 2.37. The average molecular weight is 464 g/mol. The van der Waals surface area contributed by atoms with Crippen LogP contribution in [-0.2, 0) is 22.9 Å².